The SMILES string of the molecule is CNC(C)C(C)(C)N1CCN(C2COC2)CC1. The molecule has 0 aliphatic carbocycles. The summed E-state index contributed by atoms with van der Waals surface area (Å²) in [4.78, 5) is 5.20. The Morgan fingerprint density at radius 3 is 2.18 bits per heavy atom. The fourth-order valence-corrected chi connectivity index (χ4v) is 2.72. The molecule has 0 aromatic carbocycles. The van der Waals surface area contributed by atoms with Gasteiger partial charge in [-0.25, -0.2) is 0 Å². The fraction of sp³-hybridized carbons (Fsp3) is 1.00. The van der Waals surface area contributed by atoms with Crippen LogP contribution in [0.4, 0.5) is 0 Å². The Labute approximate surface area is 105 Å². The van der Waals surface area contributed by atoms with Gasteiger partial charge in [-0.1, -0.05) is 0 Å². The van der Waals surface area contributed by atoms with Crippen molar-refractivity contribution in [1.29, 1.82) is 0 Å². The van der Waals surface area contributed by atoms with Crippen molar-refractivity contribution in [3.63, 3.8) is 0 Å². The quantitative estimate of drug-likeness (QED) is 0.770. The molecule has 1 atom stereocenters. The van der Waals surface area contributed by atoms with Crippen LogP contribution in [0.25, 0.3) is 0 Å². The third kappa shape index (κ3) is 2.65. The Morgan fingerprint density at radius 1 is 1.18 bits per heavy atom. The molecule has 0 radical (unpaired) electrons. The van der Waals surface area contributed by atoms with E-state index in [1.807, 2.05) is 7.05 Å². The van der Waals surface area contributed by atoms with Crippen LogP contribution in [0.5, 0.6) is 0 Å². The average Bonchev–Trinajstić information content (AvgIpc) is 2.26. The zero-order chi connectivity index (χ0) is 12.5. The number of rotatable bonds is 4. The first kappa shape index (κ1) is 13.3. The van der Waals surface area contributed by atoms with Gasteiger partial charge in [0.05, 0.1) is 19.3 Å². The molecule has 17 heavy (non-hydrogen) atoms. The van der Waals surface area contributed by atoms with Gasteiger partial charge in [0.25, 0.3) is 0 Å². The van der Waals surface area contributed by atoms with Gasteiger partial charge in [-0.2, -0.15) is 0 Å². The van der Waals surface area contributed by atoms with Gasteiger partial charge in [-0.3, -0.25) is 9.80 Å². The van der Waals surface area contributed by atoms with Gasteiger partial charge in [0, 0.05) is 37.8 Å². The zero-order valence-electron chi connectivity index (χ0n) is 11.7. The monoisotopic (exact) mass is 241 g/mol. The molecule has 4 nitrogen and oxygen atoms in total. The van der Waals surface area contributed by atoms with E-state index in [-0.39, 0.29) is 5.54 Å². The van der Waals surface area contributed by atoms with Crippen LogP contribution in [0, 0.1) is 0 Å². The van der Waals surface area contributed by atoms with Crippen LogP contribution in [0.3, 0.4) is 0 Å². The molecular formula is C13H27N3O. The molecule has 100 valence electrons. The van der Waals surface area contributed by atoms with Crippen LogP contribution >= 0.6 is 0 Å². The summed E-state index contributed by atoms with van der Waals surface area (Å²) in [5.74, 6) is 0. The van der Waals surface area contributed by atoms with E-state index in [4.69, 9.17) is 4.74 Å². The van der Waals surface area contributed by atoms with Gasteiger partial charge in [-0.15, -0.1) is 0 Å². The molecule has 4 heteroatoms. The van der Waals surface area contributed by atoms with Gasteiger partial charge in [0.1, 0.15) is 0 Å². The summed E-state index contributed by atoms with van der Waals surface area (Å²) in [6.07, 6.45) is 0. The summed E-state index contributed by atoms with van der Waals surface area (Å²) in [6, 6.07) is 1.21. The smallest absolute Gasteiger partial charge is 0.0645 e. The summed E-state index contributed by atoms with van der Waals surface area (Å²) in [5, 5.41) is 3.38. The molecule has 1 N–H and O–H groups in total. The molecule has 0 aromatic heterocycles. The van der Waals surface area contributed by atoms with Crippen molar-refractivity contribution in [1.82, 2.24) is 15.1 Å². The standard InChI is InChI=1S/C13H27N3O/c1-11(14-4)13(2,3)16-7-5-15(6-8-16)12-9-17-10-12/h11-12,14H,5-10H2,1-4H3. The average molecular weight is 241 g/mol. The highest BCUT2D eigenvalue weighted by Gasteiger charge is 2.36. The highest BCUT2D eigenvalue weighted by molar-refractivity contribution is 4.94. The molecule has 2 aliphatic heterocycles. The summed E-state index contributed by atoms with van der Waals surface area (Å²) in [6.45, 7) is 13.6. The third-order valence-corrected chi connectivity index (χ3v) is 4.76. The van der Waals surface area contributed by atoms with Crippen LogP contribution in [-0.2, 0) is 4.74 Å². The second-order valence-corrected chi connectivity index (χ2v) is 5.88. The van der Waals surface area contributed by atoms with Gasteiger partial charge in [-0.05, 0) is 27.8 Å². The summed E-state index contributed by atoms with van der Waals surface area (Å²) < 4.78 is 5.27. The van der Waals surface area contributed by atoms with Crippen LogP contribution in [0.1, 0.15) is 20.8 Å². The summed E-state index contributed by atoms with van der Waals surface area (Å²) in [5.41, 5.74) is 0.233. The number of ether oxygens (including phenoxy) is 1. The molecular weight excluding hydrogens is 214 g/mol. The minimum atomic E-state index is 0.233. The van der Waals surface area contributed by atoms with Gasteiger partial charge >= 0.3 is 0 Å². The van der Waals surface area contributed by atoms with Crippen molar-refractivity contribution in [2.75, 3.05) is 46.4 Å². The lowest BCUT2D eigenvalue weighted by molar-refractivity contribution is -0.0857. The largest absolute Gasteiger partial charge is 0.378 e. The van der Waals surface area contributed by atoms with Crippen molar-refractivity contribution in [2.24, 2.45) is 0 Å². The van der Waals surface area contributed by atoms with E-state index in [9.17, 15) is 0 Å². The molecule has 2 aliphatic rings. The van der Waals surface area contributed by atoms with E-state index < -0.39 is 0 Å². The van der Waals surface area contributed by atoms with Gasteiger partial charge in [0.15, 0.2) is 0 Å². The molecule has 2 rings (SSSR count). The lowest BCUT2D eigenvalue weighted by Crippen LogP contribution is -2.63. The van der Waals surface area contributed by atoms with Crippen molar-refractivity contribution < 1.29 is 4.74 Å². The zero-order valence-corrected chi connectivity index (χ0v) is 11.7. The molecule has 0 amide bonds. The molecule has 2 heterocycles. The predicted molar refractivity (Wildman–Crippen MR) is 70.4 cm³/mol. The molecule has 0 bridgehead atoms. The Hall–Kier alpha value is -0.160. The first-order chi connectivity index (χ1) is 8.05. The number of hydrogen-bond acceptors (Lipinski definition) is 4. The molecule has 2 fully saturated rings. The van der Waals surface area contributed by atoms with Crippen molar-refractivity contribution >= 4 is 0 Å². The minimum Gasteiger partial charge on any atom is -0.378 e. The lowest BCUT2D eigenvalue weighted by atomic mass is 9.92. The first-order valence-electron chi connectivity index (χ1n) is 6.80. The Balaban J connectivity index is 1.85. The van der Waals surface area contributed by atoms with E-state index in [2.05, 4.69) is 35.9 Å². The topological polar surface area (TPSA) is 27.7 Å². The maximum atomic E-state index is 5.27. The van der Waals surface area contributed by atoms with E-state index in [1.165, 1.54) is 26.2 Å². The molecule has 0 saturated carbocycles. The van der Waals surface area contributed by atoms with Gasteiger partial charge in [0.2, 0.25) is 0 Å². The minimum absolute atomic E-state index is 0.233. The summed E-state index contributed by atoms with van der Waals surface area (Å²) in [7, 11) is 2.05. The summed E-state index contributed by atoms with van der Waals surface area (Å²) >= 11 is 0. The maximum absolute atomic E-state index is 5.27. The van der Waals surface area contributed by atoms with Crippen molar-refractivity contribution in [2.45, 2.75) is 38.4 Å². The number of likely N-dealkylation sites (N-methyl/N-ethyl adjacent to an activating group) is 1. The van der Waals surface area contributed by atoms with E-state index >= 15 is 0 Å². The molecule has 1 unspecified atom stereocenters. The van der Waals surface area contributed by atoms with Crippen LogP contribution in [0.15, 0.2) is 0 Å². The molecule has 2 saturated heterocycles. The van der Waals surface area contributed by atoms with E-state index in [0.29, 0.717) is 12.1 Å². The lowest BCUT2D eigenvalue weighted by Gasteiger charge is -2.49. The van der Waals surface area contributed by atoms with Gasteiger partial charge < -0.3 is 10.1 Å². The van der Waals surface area contributed by atoms with Crippen molar-refractivity contribution in [3.8, 4) is 0 Å². The molecule has 0 spiro atoms. The normalized spacial score (nSPS) is 26.8. The number of piperazine rings is 1. The van der Waals surface area contributed by atoms with Crippen LogP contribution in [0.2, 0.25) is 0 Å². The maximum Gasteiger partial charge on any atom is 0.0645 e. The predicted octanol–water partition coefficient (Wildman–Crippen LogP) is 0.389. The van der Waals surface area contributed by atoms with Crippen LogP contribution < -0.4 is 5.32 Å². The number of hydrogen-bond donors (Lipinski definition) is 1. The van der Waals surface area contributed by atoms with Crippen LogP contribution in [-0.4, -0.2) is 73.9 Å². The Bertz CT molecular complexity index is 245. The second-order valence-electron chi connectivity index (χ2n) is 5.88. The first-order valence-corrected chi connectivity index (χ1v) is 6.80. The van der Waals surface area contributed by atoms with E-state index in [1.54, 1.807) is 0 Å². The second kappa shape index (κ2) is 5.22. The molecule has 0 aromatic rings. The fourth-order valence-electron chi connectivity index (χ4n) is 2.72. The Morgan fingerprint density at radius 2 is 1.76 bits per heavy atom. The number of nitrogens with zero attached hydrogens (tertiary/aromatic N) is 2. The third-order valence-electron chi connectivity index (χ3n) is 4.76. The highest BCUT2D eigenvalue weighted by Crippen LogP contribution is 2.22. The highest BCUT2D eigenvalue weighted by atomic mass is 16.5. The number of nitrogens with one attached hydrogen (secondary N) is 1. The Kier molecular flexibility index (Phi) is 4.08. The van der Waals surface area contributed by atoms with Crippen molar-refractivity contribution in [3.05, 3.63) is 0 Å². The van der Waals surface area contributed by atoms with E-state index in [0.717, 1.165) is 13.2 Å².